The number of aliphatic hydroxyl groups excluding tert-OH is 1. The van der Waals surface area contributed by atoms with Gasteiger partial charge in [0.2, 0.25) is 0 Å². The molecule has 24 heavy (non-hydrogen) atoms. The van der Waals surface area contributed by atoms with Crippen molar-refractivity contribution in [1.82, 2.24) is 0 Å². The zero-order chi connectivity index (χ0) is 17.1. The van der Waals surface area contributed by atoms with Crippen LogP contribution in [0.2, 0.25) is 0 Å². The van der Waals surface area contributed by atoms with E-state index in [0.29, 0.717) is 34.4 Å². The normalized spacial score (nSPS) is 46.0. The highest BCUT2D eigenvalue weighted by Gasteiger charge is 2.61. The molecule has 0 aromatic heterocycles. The van der Waals surface area contributed by atoms with Crippen LogP contribution in [-0.2, 0) is 9.59 Å². The molecule has 132 valence electrons. The SMILES string of the molecule is C[C@]12CC[C@H]3[C@@H](CCC4=CC(=O)CC[C@@]43C(O)CI)[C@@H]1CCC2=O. The zero-order valence-corrected chi connectivity index (χ0v) is 16.5. The van der Waals surface area contributed by atoms with Crippen molar-refractivity contribution in [3.05, 3.63) is 11.6 Å². The number of carbonyl (C=O) groups is 2. The Balaban J connectivity index is 1.76. The molecule has 1 unspecified atom stereocenters. The highest BCUT2D eigenvalue weighted by molar-refractivity contribution is 14.1. The van der Waals surface area contributed by atoms with E-state index in [4.69, 9.17) is 0 Å². The van der Waals surface area contributed by atoms with E-state index in [9.17, 15) is 14.7 Å². The molecule has 4 rings (SSSR count). The van der Waals surface area contributed by atoms with Crippen LogP contribution < -0.4 is 0 Å². The summed E-state index contributed by atoms with van der Waals surface area (Å²) >= 11 is 2.29. The molecule has 3 fully saturated rings. The number of Topliss-reactive ketones (excluding diaryl/α,β-unsaturated/α-hetero) is 1. The summed E-state index contributed by atoms with van der Waals surface area (Å²) in [6, 6.07) is 0. The Hall–Kier alpha value is -0.230. The molecule has 0 aromatic carbocycles. The molecule has 0 aliphatic heterocycles. The predicted octanol–water partition coefficient (Wildman–Crippen LogP) is 3.86. The molecule has 0 heterocycles. The van der Waals surface area contributed by atoms with Crippen molar-refractivity contribution >= 4 is 34.2 Å². The van der Waals surface area contributed by atoms with E-state index in [2.05, 4.69) is 29.5 Å². The van der Waals surface area contributed by atoms with E-state index >= 15 is 0 Å². The molecule has 3 nitrogen and oxygen atoms in total. The van der Waals surface area contributed by atoms with Gasteiger partial charge in [-0.3, -0.25) is 9.59 Å². The molecule has 6 atom stereocenters. The van der Waals surface area contributed by atoms with Gasteiger partial charge in [0.25, 0.3) is 0 Å². The first-order chi connectivity index (χ1) is 11.4. The molecule has 4 heteroatoms. The lowest BCUT2D eigenvalue weighted by Crippen LogP contribution is -2.56. The molecule has 0 radical (unpaired) electrons. The lowest BCUT2D eigenvalue weighted by atomic mass is 9.46. The Kier molecular flexibility index (Phi) is 4.23. The fourth-order valence-corrected chi connectivity index (χ4v) is 7.59. The fraction of sp³-hybridized carbons (Fsp3) is 0.800. The van der Waals surface area contributed by atoms with Crippen LogP contribution in [0.4, 0.5) is 0 Å². The van der Waals surface area contributed by atoms with Crippen LogP contribution in [0.1, 0.15) is 58.3 Å². The van der Waals surface area contributed by atoms with Crippen LogP contribution in [0.3, 0.4) is 0 Å². The lowest BCUT2D eigenvalue weighted by molar-refractivity contribution is -0.136. The van der Waals surface area contributed by atoms with Gasteiger partial charge < -0.3 is 5.11 Å². The summed E-state index contributed by atoms with van der Waals surface area (Å²) in [5, 5.41) is 11.0. The molecule has 0 bridgehead atoms. The standard InChI is InChI=1S/C20H27IO3/c1-19-8-7-16-14(15(19)4-5-17(19)23)3-2-12-10-13(22)6-9-20(12,16)18(24)11-21/h10,14-16,18,24H,2-9,11H2,1H3/t14-,15-,16-,18?,19-,20+/m0/s1. The van der Waals surface area contributed by atoms with Crippen molar-refractivity contribution in [2.24, 2.45) is 28.6 Å². The Morgan fingerprint density at radius 2 is 1.96 bits per heavy atom. The van der Waals surface area contributed by atoms with Gasteiger partial charge >= 0.3 is 0 Å². The highest BCUT2D eigenvalue weighted by atomic mass is 127. The van der Waals surface area contributed by atoms with Crippen molar-refractivity contribution in [3.63, 3.8) is 0 Å². The van der Waals surface area contributed by atoms with Gasteiger partial charge in [-0.1, -0.05) is 35.1 Å². The average molecular weight is 442 g/mol. The first kappa shape index (κ1) is 17.2. The highest BCUT2D eigenvalue weighted by Crippen LogP contribution is 2.65. The lowest BCUT2D eigenvalue weighted by Gasteiger charge is -2.59. The minimum absolute atomic E-state index is 0.122. The monoisotopic (exact) mass is 442 g/mol. The first-order valence-corrected chi connectivity index (χ1v) is 11.0. The largest absolute Gasteiger partial charge is 0.391 e. The summed E-state index contributed by atoms with van der Waals surface area (Å²) < 4.78 is 0.716. The quantitative estimate of drug-likeness (QED) is 0.522. The van der Waals surface area contributed by atoms with Gasteiger partial charge in [0.1, 0.15) is 5.78 Å². The number of fused-ring (bicyclic) bond motifs is 5. The van der Waals surface area contributed by atoms with Gasteiger partial charge in [-0.25, -0.2) is 0 Å². The van der Waals surface area contributed by atoms with E-state index in [1.807, 2.05) is 6.08 Å². The maximum absolute atomic E-state index is 12.5. The molecule has 0 aromatic rings. The number of aliphatic hydroxyl groups is 1. The zero-order valence-electron chi connectivity index (χ0n) is 14.4. The third kappa shape index (κ3) is 2.17. The second-order valence-electron chi connectivity index (χ2n) is 8.68. The second-order valence-corrected chi connectivity index (χ2v) is 9.56. The predicted molar refractivity (Wildman–Crippen MR) is 101 cm³/mol. The maximum atomic E-state index is 12.5. The van der Waals surface area contributed by atoms with Crippen molar-refractivity contribution < 1.29 is 14.7 Å². The Morgan fingerprint density at radius 1 is 1.17 bits per heavy atom. The number of carbonyl (C=O) groups excluding carboxylic acids is 2. The minimum atomic E-state index is -0.369. The number of halogens is 1. The van der Waals surface area contributed by atoms with Crippen molar-refractivity contribution in [1.29, 1.82) is 0 Å². The summed E-state index contributed by atoms with van der Waals surface area (Å²) in [4.78, 5) is 24.5. The summed E-state index contributed by atoms with van der Waals surface area (Å²) in [7, 11) is 0. The third-order valence-corrected chi connectivity index (χ3v) is 8.85. The molecule has 4 aliphatic carbocycles. The van der Waals surface area contributed by atoms with Crippen LogP contribution in [0.15, 0.2) is 11.6 Å². The molecule has 0 saturated heterocycles. The fourth-order valence-electron chi connectivity index (χ4n) is 6.81. The smallest absolute Gasteiger partial charge is 0.155 e. The Bertz CT molecular complexity index is 612. The number of hydrogen-bond donors (Lipinski definition) is 1. The second kappa shape index (κ2) is 5.90. The van der Waals surface area contributed by atoms with Crippen molar-refractivity contribution in [2.75, 3.05) is 4.43 Å². The Labute approximate surface area is 157 Å². The first-order valence-electron chi connectivity index (χ1n) is 9.44. The summed E-state index contributed by atoms with van der Waals surface area (Å²) in [6.07, 6.45) is 8.67. The summed E-state index contributed by atoms with van der Waals surface area (Å²) in [5.41, 5.74) is 0.894. The van der Waals surface area contributed by atoms with Gasteiger partial charge in [0.15, 0.2) is 5.78 Å². The van der Waals surface area contributed by atoms with Gasteiger partial charge in [0.05, 0.1) is 6.10 Å². The molecule has 3 saturated carbocycles. The number of ketones is 2. The van der Waals surface area contributed by atoms with E-state index in [1.165, 1.54) is 5.57 Å². The number of hydrogen-bond acceptors (Lipinski definition) is 3. The number of rotatable bonds is 2. The Morgan fingerprint density at radius 3 is 2.71 bits per heavy atom. The minimum Gasteiger partial charge on any atom is -0.391 e. The molecular formula is C20H27IO3. The van der Waals surface area contributed by atoms with Crippen LogP contribution in [0.5, 0.6) is 0 Å². The molecule has 4 aliphatic rings. The maximum Gasteiger partial charge on any atom is 0.155 e. The molecule has 0 spiro atoms. The van der Waals surface area contributed by atoms with Crippen molar-refractivity contribution in [2.45, 2.75) is 64.4 Å². The van der Waals surface area contributed by atoms with E-state index in [-0.39, 0.29) is 22.7 Å². The summed E-state index contributed by atoms with van der Waals surface area (Å²) in [5.74, 6) is 2.17. The topological polar surface area (TPSA) is 54.4 Å². The van der Waals surface area contributed by atoms with Crippen LogP contribution in [0, 0.1) is 28.6 Å². The van der Waals surface area contributed by atoms with Gasteiger partial charge in [-0.05, 0) is 62.4 Å². The van der Waals surface area contributed by atoms with Gasteiger partial charge in [0, 0.05) is 28.1 Å². The van der Waals surface area contributed by atoms with Crippen molar-refractivity contribution in [3.8, 4) is 0 Å². The number of alkyl halides is 1. The molecule has 1 N–H and O–H groups in total. The van der Waals surface area contributed by atoms with E-state index < -0.39 is 0 Å². The van der Waals surface area contributed by atoms with Gasteiger partial charge in [-0.2, -0.15) is 0 Å². The average Bonchev–Trinajstić information content (AvgIpc) is 2.89. The van der Waals surface area contributed by atoms with Crippen LogP contribution in [-0.4, -0.2) is 27.2 Å². The summed E-state index contributed by atoms with van der Waals surface area (Å²) in [6.45, 7) is 2.19. The molecular weight excluding hydrogens is 415 g/mol. The van der Waals surface area contributed by atoms with Crippen LogP contribution in [0.25, 0.3) is 0 Å². The molecule has 0 amide bonds. The third-order valence-electron chi connectivity index (χ3n) is 8.01. The van der Waals surface area contributed by atoms with Gasteiger partial charge in [-0.15, -0.1) is 0 Å². The van der Waals surface area contributed by atoms with Crippen LogP contribution >= 0.6 is 22.6 Å². The van der Waals surface area contributed by atoms with E-state index in [0.717, 1.165) is 44.9 Å². The van der Waals surface area contributed by atoms with E-state index in [1.54, 1.807) is 0 Å².